The van der Waals surface area contributed by atoms with Crippen LogP contribution in [0.2, 0.25) is 0 Å². The van der Waals surface area contributed by atoms with Crippen LogP contribution in [0.25, 0.3) is 10.9 Å². The van der Waals surface area contributed by atoms with Crippen LogP contribution < -0.4 is 16.0 Å². The molecule has 0 aliphatic carbocycles. The second kappa shape index (κ2) is 4.66. The summed E-state index contributed by atoms with van der Waals surface area (Å²) in [6.45, 7) is 4.08. The molecule has 0 radical (unpaired) electrons. The molecule has 1 aromatic carbocycles. The first kappa shape index (κ1) is 12.2. The highest BCUT2D eigenvalue weighted by Gasteiger charge is 2.27. The van der Waals surface area contributed by atoms with Crippen LogP contribution in [0, 0.1) is 0 Å². The van der Waals surface area contributed by atoms with E-state index in [1.807, 2.05) is 7.05 Å². The van der Waals surface area contributed by atoms with Gasteiger partial charge in [0.25, 0.3) is 0 Å². The van der Waals surface area contributed by atoms with Crippen molar-refractivity contribution < 1.29 is 0 Å². The molecular formula is C14H19N5. The lowest BCUT2D eigenvalue weighted by Gasteiger charge is -2.40. The zero-order chi connectivity index (χ0) is 13.4. The van der Waals surface area contributed by atoms with E-state index in [2.05, 4.69) is 45.3 Å². The Balaban J connectivity index is 2.04. The molecule has 1 aromatic heterocycles. The molecule has 19 heavy (non-hydrogen) atoms. The van der Waals surface area contributed by atoms with E-state index in [9.17, 15) is 0 Å². The van der Waals surface area contributed by atoms with Gasteiger partial charge in [0.1, 0.15) is 5.82 Å². The van der Waals surface area contributed by atoms with Crippen LogP contribution in [0.3, 0.4) is 0 Å². The molecule has 0 bridgehead atoms. The number of hydrogen-bond acceptors (Lipinski definition) is 5. The molecule has 2 heterocycles. The number of aromatic nitrogens is 2. The molecule has 1 aliphatic rings. The van der Waals surface area contributed by atoms with Crippen molar-refractivity contribution in [1.29, 1.82) is 0 Å². The number of benzene rings is 1. The lowest BCUT2D eigenvalue weighted by Crippen LogP contribution is -2.57. The predicted octanol–water partition coefficient (Wildman–Crippen LogP) is 1.18. The van der Waals surface area contributed by atoms with E-state index < -0.39 is 0 Å². The van der Waals surface area contributed by atoms with Crippen LogP contribution in [0.15, 0.2) is 18.2 Å². The second-order valence-corrected chi connectivity index (χ2v) is 5.00. The minimum atomic E-state index is 0.351. The highest BCUT2D eigenvalue weighted by Crippen LogP contribution is 2.28. The summed E-state index contributed by atoms with van der Waals surface area (Å²) in [6.07, 6.45) is 1.00. The third kappa shape index (κ3) is 2.10. The maximum absolute atomic E-state index is 5.84. The standard InChI is InChI=1S/C14H19N5/c1-3-9-4-5-11-12(6-9)17-14(15)18-13(11)19-7-10(8-19)16-2/h4-6,10,16H,3,7-8H2,1-2H3,(H2,15,17,18). The van der Waals surface area contributed by atoms with E-state index in [1.54, 1.807) is 0 Å². The molecule has 1 saturated heterocycles. The number of nitrogens with zero attached hydrogens (tertiary/aromatic N) is 3. The quantitative estimate of drug-likeness (QED) is 0.864. The minimum absolute atomic E-state index is 0.351. The van der Waals surface area contributed by atoms with Gasteiger partial charge in [-0.25, -0.2) is 4.98 Å². The normalized spacial score (nSPS) is 15.8. The number of aryl methyl sites for hydroxylation is 1. The first-order valence-corrected chi connectivity index (χ1v) is 6.69. The van der Waals surface area contributed by atoms with Crippen molar-refractivity contribution in [3.8, 4) is 0 Å². The van der Waals surface area contributed by atoms with Crippen molar-refractivity contribution in [2.75, 3.05) is 30.8 Å². The Hall–Kier alpha value is -1.88. The monoisotopic (exact) mass is 257 g/mol. The van der Waals surface area contributed by atoms with Crippen LogP contribution in [-0.2, 0) is 6.42 Å². The molecule has 2 aromatic rings. The average molecular weight is 257 g/mol. The Kier molecular flexibility index (Phi) is 2.98. The number of nitrogens with two attached hydrogens (primary N) is 1. The Morgan fingerprint density at radius 1 is 1.37 bits per heavy atom. The van der Waals surface area contributed by atoms with Gasteiger partial charge >= 0.3 is 0 Å². The number of likely N-dealkylation sites (N-methyl/N-ethyl adjacent to an activating group) is 1. The van der Waals surface area contributed by atoms with Crippen LogP contribution >= 0.6 is 0 Å². The number of anilines is 2. The van der Waals surface area contributed by atoms with Crippen molar-refractivity contribution in [3.05, 3.63) is 23.8 Å². The molecule has 3 rings (SSSR count). The number of fused-ring (bicyclic) bond motifs is 1. The fourth-order valence-corrected chi connectivity index (χ4v) is 2.47. The molecule has 1 fully saturated rings. The van der Waals surface area contributed by atoms with Crippen LogP contribution in [0.1, 0.15) is 12.5 Å². The molecule has 5 heteroatoms. The summed E-state index contributed by atoms with van der Waals surface area (Å²) in [7, 11) is 1.99. The molecule has 0 unspecified atom stereocenters. The topological polar surface area (TPSA) is 67.1 Å². The molecule has 0 spiro atoms. The summed E-state index contributed by atoms with van der Waals surface area (Å²) in [5, 5.41) is 4.35. The fourth-order valence-electron chi connectivity index (χ4n) is 2.47. The van der Waals surface area contributed by atoms with E-state index >= 15 is 0 Å². The van der Waals surface area contributed by atoms with Gasteiger partial charge in [-0.05, 0) is 31.2 Å². The third-order valence-electron chi connectivity index (χ3n) is 3.76. The van der Waals surface area contributed by atoms with Crippen molar-refractivity contribution in [2.45, 2.75) is 19.4 Å². The summed E-state index contributed by atoms with van der Waals surface area (Å²) in [5.74, 6) is 1.31. The third-order valence-corrected chi connectivity index (χ3v) is 3.76. The van der Waals surface area contributed by atoms with Crippen molar-refractivity contribution >= 4 is 22.7 Å². The first-order valence-electron chi connectivity index (χ1n) is 6.69. The Labute approximate surface area is 112 Å². The Morgan fingerprint density at radius 2 is 2.16 bits per heavy atom. The number of rotatable bonds is 3. The molecule has 0 saturated carbocycles. The van der Waals surface area contributed by atoms with E-state index in [4.69, 9.17) is 5.73 Å². The molecule has 3 N–H and O–H groups in total. The predicted molar refractivity (Wildman–Crippen MR) is 78.4 cm³/mol. The zero-order valence-corrected chi connectivity index (χ0v) is 11.3. The SMILES string of the molecule is CCc1ccc2c(N3CC(NC)C3)nc(N)nc2c1. The van der Waals surface area contributed by atoms with E-state index in [1.165, 1.54) is 5.56 Å². The van der Waals surface area contributed by atoms with E-state index in [0.717, 1.165) is 36.2 Å². The van der Waals surface area contributed by atoms with Gasteiger partial charge in [-0.2, -0.15) is 4.98 Å². The van der Waals surface area contributed by atoms with Gasteiger partial charge in [0, 0.05) is 24.5 Å². The van der Waals surface area contributed by atoms with Gasteiger partial charge in [-0.15, -0.1) is 0 Å². The largest absolute Gasteiger partial charge is 0.368 e. The molecule has 100 valence electrons. The molecule has 0 atom stereocenters. The Morgan fingerprint density at radius 3 is 2.84 bits per heavy atom. The lowest BCUT2D eigenvalue weighted by molar-refractivity contribution is 0.448. The van der Waals surface area contributed by atoms with Crippen molar-refractivity contribution in [1.82, 2.24) is 15.3 Å². The maximum Gasteiger partial charge on any atom is 0.222 e. The van der Waals surface area contributed by atoms with Gasteiger partial charge in [-0.3, -0.25) is 0 Å². The molecule has 1 aliphatic heterocycles. The summed E-state index contributed by atoms with van der Waals surface area (Å²) in [5.41, 5.74) is 8.05. The highest BCUT2D eigenvalue weighted by atomic mass is 15.3. The summed E-state index contributed by atoms with van der Waals surface area (Å²) in [6, 6.07) is 6.89. The summed E-state index contributed by atoms with van der Waals surface area (Å²) >= 11 is 0. The van der Waals surface area contributed by atoms with Gasteiger partial charge in [-0.1, -0.05) is 13.0 Å². The fraction of sp³-hybridized carbons (Fsp3) is 0.429. The van der Waals surface area contributed by atoms with Crippen molar-refractivity contribution in [2.24, 2.45) is 0 Å². The van der Waals surface area contributed by atoms with E-state index in [0.29, 0.717) is 12.0 Å². The molecular weight excluding hydrogens is 238 g/mol. The summed E-state index contributed by atoms with van der Waals surface area (Å²) < 4.78 is 0. The van der Waals surface area contributed by atoms with Crippen LogP contribution in [0.5, 0.6) is 0 Å². The van der Waals surface area contributed by atoms with Gasteiger partial charge in [0.15, 0.2) is 0 Å². The van der Waals surface area contributed by atoms with E-state index in [-0.39, 0.29) is 0 Å². The second-order valence-electron chi connectivity index (χ2n) is 5.00. The number of hydrogen-bond donors (Lipinski definition) is 2. The summed E-state index contributed by atoms with van der Waals surface area (Å²) in [4.78, 5) is 11.0. The maximum atomic E-state index is 5.84. The van der Waals surface area contributed by atoms with Crippen LogP contribution in [0.4, 0.5) is 11.8 Å². The highest BCUT2D eigenvalue weighted by molar-refractivity contribution is 5.91. The zero-order valence-electron chi connectivity index (χ0n) is 11.3. The smallest absolute Gasteiger partial charge is 0.222 e. The first-order chi connectivity index (χ1) is 9.21. The minimum Gasteiger partial charge on any atom is -0.368 e. The lowest BCUT2D eigenvalue weighted by atomic mass is 10.1. The van der Waals surface area contributed by atoms with Gasteiger partial charge in [0.2, 0.25) is 5.95 Å². The molecule has 0 amide bonds. The van der Waals surface area contributed by atoms with Crippen LogP contribution in [-0.4, -0.2) is 36.1 Å². The molecule has 5 nitrogen and oxygen atoms in total. The van der Waals surface area contributed by atoms with Gasteiger partial charge < -0.3 is 16.0 Å². The van der Waals surface area contributed by atoms with Gasteiger partial charge in [0.05, 0.1) is 5.52 Å². The average Bonchev–Trinajstić information content (AvgIpc) is 2.36. The number of nitrogens with one attached hydrogen (secondary N) is 1. The number of nitrogen functional groups attached to an aromatic ring is 1. The van der Waals surface area contributed by atoms with Crippen molar-refractivity contribution in [3.63, 3.8) is 0 Å². The Bertz CT molecular complexity index is 604.